The van der Waals surface area contributed by atoms with Crippen LogP contribution in [0.5, 0.6) is 0 Å². The predicted octanol–water partition coefficient (Wildman–Crippen LogP) is 1.13. The van der Waals surface area contributed by atoms with E-state index in [9.17, 15) is 0 Å². The van der Waals surface area contributed by atoms with E-state index in [0.717, 1.165) is 5.56 Å². The largest absolute Gasteiger partial charge is 0.383 e. The van der Waals surface area contributed by atoms with E-state index in [-0.39, 0.29) is 0 Å². The first-order valence-corrected chi connectivity index (χ1v) is 5.34. The Labute approximate surface area is 101 Å². The molecular formula is C11H15N3OS. The second-order valence-electron chi connectivity index (χ2n) is 3.03. The van der Waals surface area contributed by atoms with Gasteiger partial charge in [0, 0.05) is 13.7 Å². The average Bonchev–Trinajstić information content (AvgIpc) is 2.31. The van der Waals surface area contributed by atoms with Gasteiger partial charge in [0.15, 0.2) is 5.11 Å². The summed E-state index contributed by atoms with van der Waals surface area (Å²) in [6.45, 7) is 1.29. The molecular weight excluding hydrogens is 222 g/mol. The molecule has 4 nitrogen and oxygen atoms in total. The van der Waals surface area contributed by atoms with Crippen LogP contribution in [0.4, 0.5) is 0 Å². The van der Waals surface area contributed by atoms with E-state index in [4.69, 9.17) is 17.0 Å². The summed E-state index contributed by atoms with van der Waals surface area (Å²) in [5, 5.41) is 7.44. The lowest BCUT2D eigenvalue weighted by atomic mass is 10.2. The maximum Gasteiger partial charge on any atom is 0.187 e. The standard InChI is InChI=1S/C11H15N3OS/c1-15-8-7-12-11(16)14-13-9-10-5-3-2-4-6-10/h2-6,9H,7-8H2,1H3,(H2,12,14,16)/b13-9+. The fraction of sp³-hybridized carbons (Fsp3) is 0.273. The van der Waals surface area contributed by atoms with Gasteiger partial charge in [-0.2, -0.15) is 5.10 Å². The number of nitrogens with zero attached hydrogens (tertiary/aromatic N) is 1. The molecule has 1 rings (SSSR count). The van der Waals surface area contributed by atoms with Gasteiger partial charge in [0.05, 0.1) is 12.8 Å². The lowest BCUT2D eigenvalue weighted by Crippen LogP contribution is -2.34. The minimum absolute atomic E-state index is 0.490. The molecule has 1 aromatic carbocycles. The zero-order valence-corrected chi connectivity index (χ0v) is 9.96. The molecule has 5 heteroatoms. The molecule has 0 bridgehead atoms. The topological polar surface area (TPSA) is 45.6 Å². The van der Waals surface area contributed by atoms with Gasteiger partial charge in [-0.05, 0) is 17.8 Å². The van der Waals surface area contributed by atoms with Crippen LogP contribution >= 0.6 is 12.2 Å². The van der Waals surface area contributed by atoms with Crippen LogP contribution in [0, 0.1) is 0 Å². The summed E-state index contributed by atoms with van der Waals surface area (Å²) < 4.78 is 4.88. The average molecular weight is 237 g/mol. The molecule has 0 heterocycles. The molecule has 16 heavy (non-hydrogen) atoms. The third-order valence-corrected chi connectivity index (χ3v) is 2.01. The number of methoxy groups -OCH3 is 1. The van der Waals surface area contributed by atoms with Gasteiger partial charge in [-0.25, -0.2) is 0 Å². The molecule has 0 radical (unpaired) electrons. The van der Waals surface area contributed by atoms with Crippen LogP contribution in [0.1, 0.15) is 5.56 Å². The van der Waals surface area contributed by atoms with Crippen LogP contribution in [-0.2, 0) is 4.74 Å². The highest BCUT2D eigenvalue weighted by atomic mass is 32.1. The van der Waals surface area contributed by atoms with E-state index in [1.807, 2.05) is 30.3 Å². The van der Waals surface area contributed by atoms with Crippen molar-refractivity contribution in [3.05, 3.63) is 35.9 Å². The van der Waals surface area contributed by atoms with Crippen LogP contribution < -0.4 is 10.7 Å². The zero-order valence-electron chi connectivity index (χ0n) is 9.14. The lowest BCUT2D eigenvalue weighted by Gasteiger charge is -2.05. The molecule has 0 saturated heterocycles. The normalized spacial score (nSPS) is 10.3. The second kappa shape index (κ2) is 7.78. The van der Waals surface area contributed by atoms with Crippen molar-refractivity contribution in [1.82, 2.24) is 10.7 Å². The van der Waals surface area contributed by atoms with Gasteiger partial charge in [-0.1, -0.05) is 30.3 Å². The van der Waals surface area contributed by atoms with Crippen LogP contribution in [-0.4, -0.2) is 31.6 Å². The Kier molecular flexibility index (Phi) is 6.13. The minimum Gasteiger partial charge on any atom is -0.383 e. The molecule has 0 aliphatic carbocycles. The number of hydrogen-bond acceptors (Lipinski definition) is 3. The molecule has 0 aromatic heterocycles. The second-order valence-corrected chi connectivity index (χ2v) is 3.44. The van der Waals surface area contributed by atoms with E-state index in [1.54, 1.807) is 13.3 Å². The van der Waals surface area contributed by atoms with Crippen molar-refractivity contribution in [3.8, 4) is 0 Å². The van der Waals surface area contributed by atoms with Crippen LogP contribution in [0.25, 0.3) is 0 Å². The van der Waals surface area contributed by atoms with Gasteiger partial charge in [0.2, 0.25) is 0 Å². The Morgan fingerprint density at radius 3 is 2.88 bits per heavy atom. The predicted molar refractivity (Wildman–Crippen MR) is 69.6 cm³/mol. The number of thiocarbonyl (C=S) groups is 1. The molecule has 0 spiro atoms. The van der Waals surface area contributed by atoms with Crippen molar-refractivity contribution < 1.29 is 4.74 Å². The van der Waals surface area contributed by atoms with E-state index in [1.165, 1.54) is 0 Å². The smallest absolute Gasteiger partial charge is 0.187 e. The van der Waals surface area contributed by atoms with Crippen molar-refractivity contribution >= 4 is 23.5 Å². The number of hydrazone groups is 1. The molecule has 2 N–H and O–H groups in total. The summed E-state index contributed by atoms with van der Waals surface area (Å²) in [4.78, 5) is 0. The van der Waals surface area contributed by atoms with E-state index in [2.05, 4.69) is 15.8 Å². The number of benzene rings is 1. The maximum absolute atomic E-state index is 4.99. The molecule has 1 aromatic rings. The van der Waals surface area contributed by atoms with Gasteiger partial charge in [-0.3, -0.25) is 5.43 Å². The number of nitrogens with one attached hydrogen (secondary N) is 2. The first kappa shape index (κ1) is 12.6. The molecule has 0 amide bonds. The van der Waals surface area contributed by atoms with E-state index >= 15 is 0 Å². The Morgan fingerprint density at radius 2 is 2.19 bits per heavy atom. The zero-order chi connectivity index (χ0) is 11.6. The van der Waals surface area contributed by atoms with Crippen molar-refractivity contribution in [2.75, 3.05) is 20.3 Å². The summed E-state index contributed by atoms with van der Waals surface area (Å²) >= 11 is 4.99. The molecule has 0 atom stereocenters. The summed E-state index contributed by atoms with van der Waals surface area (Å²) in [6, 6.07) is 9.80. The Bertz CT molecular complexity index is 340. The van der Waals surface area contributed by atoms with Gasteiger partial charge >= 0.3 is 0 Å². The van der Waals surface area contributed by atoms with Crippen molar-refractivity contribution in [3.63, 3.8) is 0 Å². The van der Waals surface area contributed by atoms with Crippen molar-refractivity contribution in [2.45, 2.75) is 0 Å². The minimum atomic E-state index is 0.490. The van der Waals surface area contributed by atoms with Crippen molar-refractivity contribution in [2.24, 2.45) is 5.10 Å². The monoisotopic (exact) mass is 237 g/mol. The van der Waals surface area contributed by atoms with E-state index in [0.29, 0.717) is 18.3 Å². The van der Waals surface area contributed by atoms with Gasteiger partial charge in [0.25, 0.3) is 0 Å². The molecule has 0 aliphatic heterocycles. The number of ether oxygens (including phenoxy) is 1. The van der Waals surface area contributed by atoms with Crippen LogP contribution in [0.15, 0.2) is 35.4 Å². The Balaban J connectivity index is 2.24. The maximum atomic E-state index is 4.99. The first-order chi connectivity index (χ1) is 7.83. The number of hydrogen-bond donors (Lipinski definition) is 2. The summed E-state index contributed by atoms with van der Waals surface area (Å²) in [7, 11) is 1.64. The fourth-order valence-electron chi connectivity index (χ4n) is 1.01. The fourth-order valence-corrected chi connectivity index (χ4v) is 1.17. The summed E-state index contributed by atoms with van der Waals surface area (Å²) in [5.74, 6) is 0. The third kappa shape index (κ3) is 5.43. The molecule has 86 valence electrons. The quantitative estimate of drug-likeness (QED) is 0.349. The molecule has 0 unspecified atom stereocenters. The van der Waals surface area contributed by atoms with Gasteiger partial charge < -0.3 is 10.1 Å². The summed E-state index contributed by atoms with van der Waals surface area (Å²) in [5.41, 5.74) is 3.75. The van der Waals surface area contributed by atoms with E-state index < -0.39 is 0 Å². The Morgan fingerprint density at radius 1 is 1.44 bits per heavy atom. The highest BCUT2D eigenvalue weighted by molar-refractivity contribution is 7.80. The summed E-state index contributed by atoms with van der Waals surface area (Å²) in [6.07, 6.45) is 1.71. The van der Waals surface area contributed by atoms with Crippen molar-refractivity contribution in [1.29, 1.82) is 0 Å². The van der Waals surface area contributed by atoms with Crippen LogP contribution in [0.3, 0.4) is 0 Å². The highest BCUT2D eigenvalue weighted by Crippen LogP contribution is 1.92. The molecule has 0 fully saturated rings. The number of rotatable bonds is 5. The highest BCUT2D eigenvalue weighted by Gasteiger charge is 1.90. The lowest BCUT2D eigenvalue weighted by molar-refractivity contribution is 0.204. The molecule has 0 aliphatic rings. The first-order valence-electron chi connectivity index (χ1n) is 4.94. The van der Waals surface area contributed by atoms with Gasteiger partial charge in [-0.15, -0.1) is 0 Å². The van der Waals surface area contributed by atoms with Gasteiger partial charge in [0.1, 0.15) is 0 Å². The third-order valence-electron chi connectivity index (χ3n) is 1.77. The Hall–Kier alpha value is -1.46. The SMILES string of the molecule is COCCNC(=S)N/N=C/c1ccccc1. The van der Waals surface area contributed by atoms with Crippen LogP contribution in [0.2, 0.25) is 0 Å². The molecule has 0 saturated carbocycles.